The van der Waals surface area contributed by atoms with Crippen molar-refractivity contribution in [3.8, 4) is 0 Å². The zero-order chi connectivity index (χ0) is 16.5. The summed E-state index contributed by atoms with van der Waals surface area (Å²) in [5.41, 5.74) is 1.70. The van der Waals surface area contributed by atoms with Crippen LogP contribution < -0.4 is 10.6 Å². The SMILES string of the molecule is COCCOCc1csc(NC(=O)NCc2cccc(Cl)c2)n1. The van der Waals surface area contributed by atoms with Crippen LogP contribution in [-0.4, -0.2) is 31.3 Å². The van der Waals surface area contributed by atoms with Gasteiger partial charge in [-0.05, 0) is 17.7 Å². The zero-order valence-corrected chi connectivity index (χ0v) is 14.2. The number of halogens is 1. The maximum Gasteiger partial charge on any atom is 0.321 e. The predicted molar refractivity (Wildman–Crippen MR) is 91.0 cm³/mol. The number of methoxy groups -OCH3 is 1. The third-order valence-electron chi connectivity index (χ3n) is 2.80. The molecule has 1 aromatic heterocycles. The zero-order valence-electron chi connectivity index (χ0n) is 12.7. The lowest BCUT2D eigenvalue weighted by Crippen LogP contribution is -2.28. The van der Waals surface area contributed by atoms with Gasteiger partial charge in [-0.2, -0.15) is 0 Å². The average Bonchev–Trinajstić information content (AvgIpc) is 2.97. The molecule has 2 rings (SSSR count). The Hall–Kier alpha value is -1.67. The molecular weight excluding hydrogens is 338 g/mol. The van der Waals surface area contributed by atoms with Crippen LogP contribution in [0.2, 0.25) is 5.02 Å². The molecule has 0 aliphatic rings. The number of ether oxygens (including phenoxy) is 2. The Kier molecular flexibility index (Phi) is 7.28. The molecule has 1 aromatic carbocycles. The summed E-state index contributed by atoms with van der Waals surface area (Å²) in [6, 6.07) is 7.02. The molecule has 0 aliphatic heterocycles. The summed E-state index contributed by atoms with van der Waals surface area (Å²) < 4.78 is 10.3. The van der Waals surface area contributed by atoms with Crippen molar-refractivity contribution < 1.29 is 14.3 Å². The Morgan fingerprint density at radius 3 is 3.04 bits per heavy atom. The molecule has 2 N–H and O–H groups in total. The first-order valence-electron chi connectivity index (χ1n) is 6.98. The fourth-order valence-electron chi connectivity index (χ4n) is 1.72. The van der Waals surface area contributed by atoms with E-state index in [4.69, 9.17) is 21.1 Å². The number of benzene rings is 1. The van der Waals surface area contributed by atoms with E-state index >= 15 is 0 Å². The Morgan fingerprint density at radius 2 is 2.26 bits per heavy atom. The van der Waals surface area contributed by atoms with Gasteiger partial charge < -0.3 is 14.8 Å². The quantitative estimate of drug-likeness (QED) is 0.713. The topological polar surface area (TPSA) is 72.5 Å². The number of nitrogens with zero attached hydrogens (tertiary/aromatic N) is 1. The monoisotopic (exact) mass is 355 g/mol. The van der Waals surface area contributed by atoms with Crippen LogP contribution in [0.4, 0.5) is 9.93 Å². The lowest BCUT2D eigenvalue weighted by Gasteiger charge is -2.05. The maximum absolute atomic E-state index is 11.8. The largest absolute Gasteiger partial charge is 0.382 e. The molecule has 0 radical (unpaired) electrons. The van der Waals surface area contributed by atoms with E-state index in [-0.39, 0.29) is 6.03 Å². The summed E-state index contributed by atoms with van der Waals surface area (Å²) in [5, 5.41) is 8.46. The minimum Gasteiger partial charge on any atom is -0.382 e. The summed E-state index contributed by atoms with van der Waals surface area (Å²) in [5.74, 6) is 0. The normalized spacial score (nSPS) is 10.5. The number of rotatable bonds is 8. The second kappa shape index (κ2) is 9.46. The second-order valence-corrected chi connectivity index (χ2v) is 5.92. The Morgan fingerprint density at radius 1 is 1.39 bits per heavy atom. The van der Waals surface area contributed by atoms with Gasteiger partial charge in [-0.1, -0.05) is 23.7 Å². The molecule has 6 nitrogen and oxygen atoms in total. The first-order chi connectivity index (χ1) is 11.2. The summed E-state index contributed by atoms with van der Waals surface area (Å²) in [6.45, 7) is 1.84. The minimum atomic E-state index is -0.314. The van der Waals surface area contributed by atoms with Gasteiger partial charge in [-0.25, -0.2) is 9.78 Å². The smallest absolute Gasteiger partial charge is 0.321 e. The van der Waals surface area contributed by atoms with Crippen LogP contribution in [0.3, 0.4) is 0 Å². The molecular formula is C15H18ClN3O3S. The summed E-state index contributed by atoms with van der Waals surface area (Å²) in [4.78, 5) is 16.1. The van der Waals surface area contributed by atoms with Crippen LogP contribution in [0.25, 0.3) is 0 Å². The van der Waals surface area contributed by atoms with Crippen molar-refractivity contribution in [3.05, 3.63) is 45.9 Å². The van der Waals surface area contributed by atoms with E-state index in [0.717, 1.165) is 11.3 Å². The van der Waals surface area contributed by atoms with Crippen molar-refractivity contribution >= 4 is 34.1 Å². The number of hydrogen-bond acceptors (Lipinski definition) is 5. The van der Waals surface area contributed by atoms with Crippen molar-refractivity contribution in [2.75, 3.05) is 25.6 Å². The highest BCUT2D eigenvalue weighted by atomic mass is 35.5. The molecule has 0 saturated carbocycles. The molecule has 2 aromatic rings. The standard InChI is InChI=1S/C15H18ClN3O3S/c1-21-5-6-22-9-13-10-23-15(18-13)19-14(20)17-8-11-3-2-4-12(16)7-11/h2-4,7,10H,5-6,8-9H2,1H3,(H2,17,18,19,20). The van der Waals surface area contributed by atoms with E-state index in [1.54, 1.807) is 19.2 Å². The van der Waals surface area contributed by atoms with Crippen molar-refractivity contribution in [1.29, 1.82) is 0 Å². The van der Waals surface area contributed by atoms with Gasteiger partial charge in [0.25, 0.3) is 0 Å². The number of anilines is 1. The van der Waals surface area contributed by atoms with E-state index in [0.29, 0.717) is 36.5 Å². The number of thiazole rings is 1. The molecule has 8 heteroatoms. The number of aromatic nitrogens is 1. The van der Waals surface area contributed by atoms with E-state index in [9.17, 15) is 4.79 Å². The first kappa shape index (κ1) is 17.7. The van der Waals surface area contributed by atoms with Gasteiger partial charge in [0.15, 0.2) is 5.13 Å². The molecule has 0 saturated heterocycles. The van der Waals surface area contributed by atoms with E-state index in [1.165, 1.54) is 11.3 Å². The molecule has 124 valence electrons. The van der Waals surface area contributed by atoms with Crippen LogP contribution >= 0.6 is 22.9 Å². The number of nitrogens with one attached hydrogen (secondary N) is 2. The summed E-state index contributed by atoms with van der Waals surface area (Å²) in [6.07, 6.45) is 0. The Bertz CT molecular complexity index is 636. The van der Waals surface area contributed by atoms with Crippen LogP contribution in [0, 0.1) is 0 Å². The number of amides is 2. The predicted octanol–water partition coefficient (Wildman–Crippen LogP) is 3.28. The third kappa shape index (κ3) is 6.54. The summed E-state index contributed by atoms with van der Waals surface area (Å²) >= 11 is 7.25. The van der Waals surface area contributed by atoms with Crippen LogP contribution in [0.15, 0.2) is 29.6 Å². The molecule has 0 atom stereocenters. The molecule has 0 aliphatic carbocycles. The highest BCUT2D eigenvalue weighted by molar-refractivity contribution is 7.13. The van der Waals surface area contributed by atoms with E-state index in [2.05, 4.69) is 15.6 Å². The van der Waals surface area contributed by atoms with Crippen LogP contribution in [0.1, 0.15) is 11.3 Å². The van der Waals surface area contributed by atoms with Gasteiger partial charge in [0.2, 0.25) is 0 Å². The molecule has 0 spiro atoms. The summed E-state index contributed by atoms with van der Waals surface area (Å²) in [7, 11) is 1.62. The van der Waals surface area contributed by atoms with Crippen molar-refractivity contribution in [2.45, 2.75) is 13.2 Å². The van der Waals surface area contributed by atoms with Crippen molar-refractivity contribution in [2.24, 2.45) is 0 Å². The van der Waals surface area contributed by atoms with Gasteiger partial charge in [-0.15, -0.1) is 11.3 Å². The molecule has 0 fully saturated rings. The van der Waals surface area contributed by atoms with Gasteiger partial charge >= 0.3 is 6.03 Å². The molecule has 0 unspecified atom stereocenters. The number of hydrogen-bond donors (Lipinski definition) is 2. The maximum atomic E-state index is 11.8. The molecule has 2 amide bonds. The fraction of sp³-hybridized carbons (Fsp3) is 0.333. The lowest BCUT2D eigenvalue weighted by atomic mass is 10.2. The highest BCUT2D eigenvalue weighted by Crippen LogP contribution is 2.16. The van der Waals surface area contributed by atoms with Gasteiger partial charge in [-0.3, -0.25) is 5.32 Å². The number of carbonyl (C=O) groups excluding carboxylic acids is 1. The van der Waals surface area contributed by atoms with Crippen molar-refractivity contribution in [3.63, 3.8) is 0 Å². The number of urea groups is 1. The molecule has 1 heterocycles. The lowest BCUT2D eigenvalue weighted by molar-refractivity contribution is 0.0604. The number of carbonyl (C=O) groups is 1. The third-order valence-corrected chi connectivity index (χ3v) is 3.84. The van der Waals surface area contributed by atoms with Gasteiger partial charge in [0.05, 0.1) is 25.5 Å². The Labute approximate surface area is 143 Å². The van der Waals surface area contributed by atoms with Gasteiger partial charge in [0.1, 0.15) is 0 Å². The van der Waals surface area contributed by atoms with E-state index < -0.39 is 0 Å². The minimum absolute atomic E-state index is 0.314. The molecule has 23 heavy (non-hydrogen) atoms. The Balaban J connectivity index is 1.73. The van der Waals surface area contributed by atoms with Crippen LogP contribution in [0.5, 0.6) is 0 Å². The van der Waals surface area contributed by atoms with Gasteiger partial charge in [0, 0.05) is 24.1 Å². The second-order valence-electron chi connectivity index (χ2n) is 4.63. The molecule has 0 bridgehead atoms. The first-order valence-corrected chi connectivity index (χ1v) is 8.23. The van der Waals surface area contributed by atoms with Crippen molar-refractivity contribution in [1.82, 2.24) is 10.3 Å². The highest BCUT2D eigenvalue weighted by Gasteiger charge is 2.06. The van der Waals surface area contributed by atoms with Crippen LogP contribution in [-0.2, 0) is 22.6 Å². The average molecular weight is 356 g/mol. The van der Waals surface area contributed by atoms with E-state index in [1.807, 2.05) is 17.5 Å². The fourth-order valence-corrected chi connectivity index (χ4v) is 2.62.